The van der Waals surface area contributed by atoms with Crippen LogP contribution in [0.15, 0.2) is 33.5 Å². The lowest BCUT2D eigenvalue weighted by molar-refractivity contribution is -0.138. The quantitative estimate of drug-likeness (QED) is 0.820. The third-order valence-electron chi connectivity index (χ3n) is 2.55. The summed E-state index contributed by atoms with van der Waals surface area (Å²) in [5.74, 6) is -1.13. The Morgan fingerprint density at radius 3 is 2.83 bits per heavy atom. The molecule has 94 valence electrons. The molecule has 0 aliphatic heterocycles. The molecular weight excluding hydrogens is 258 g/mol. The van der Waals surface area contributed by atoms with E-state index in [1.807, 2.05) is 0 Å². The van der Waals surface area contributed by atoms with Gasteiger partial charge in [0.1, 0.15) is 11.6 Å². The lowest BCUT2D eigenvalue weighted by Crippen LogP contribution is -2.32. The first-order chi connectivity index (χ1) is 8.47. The maximum absolute atomic E-state index is 11.4. The number of carbonyl (C=O) groups is 1. The largest absolute Gasteiger partial charge is 0.480 e. The fourth-order valence-electron chi connectivity index (χ4n) is 1.69. The topological polar surface area (TPSA) is 93.5 Å². The van der Waals surface area contributed by atoms with Crippen LogP contribution >= 0.6 is 11.6 Å². The van der Waals surface area contributed by atoms with Gasteiger partial charge >= 0.3 is 11.6 Å². The summed E-state index contributed by atoms with van der Waals surface area (Å²) in [5, 5.41) is 9.86. The van der Waals surface area contributed by atoms with Crippen LogP contribution in [0, 0.1) is 0 Å². The van der Waals surface area contributed by atoms with E-state index in [1.54, 1.807) is 18.2 Å². The van der Waals surface area contributed by atoms with Gasteiger partial charge in [-0.2, -0.15) is 0 Å². The average Bonchev–Trinajstić information content (AvgIpc) is 2.29. The smallest absolute Gasteiger partial charge is 0.336 e. The molecule has 0 saturated carbocycles. The van der Waals surface area contributed by atoms with Gasteiger partial charge in [-0.3, -0.25) is 4.79 Å². The van der Waals surface area contributed by atoms with Crippen molar-refractivity contribution in [1.29, 1.82) is 0 Å². The van der Waals surface area contributed by atoms with Crippen molar-refractivity contribution >= 4 is 28.5 Å². The van der Waals surface area contributed by atoms with Crippen LogP contribution in [0.2, 0.25) is 5.02 Å². The van der Waals surface area contributed by atoms with Crippen LogP contribution in [0.5, 0.6) is 0 Å². The number of hydrogen-bond acceptors (Lipinski definition) is 4. The van der Waals surface area contributed by atoms with E-state index >= 15 is 0 Å². The van der Waals surface area contributed by atoms with Crippen molar-refractivity contribution in [2.75, 3.05) is 0 Å². The molecule has 0 bridgehead atoms. The molecule has 0 radical (unpaired) electrons. The fraction of sp³-hybridized carbons (Fsp3) is 0.167. The van der Waals surface area contributed by atoms with Gasteiger partial charge in [0.2, 0.25) is 0 Å². The first kappa shape index (κ1) is 12.6. The predicted octanol–water partition coefficient (Wildman–Crippen LogP) is 1.40. The van der Waals surface area contributed by atoms with E-state index in [0.717, 1.165) is 0 Å². The zero-order valence-electron chi connectivity index (χ0n) is 9.22. The predicted molar refractivity (Wildman–Crippen MR) is 66.8 cm³/mol. The van der Waals surface area contributed by atoms with Gasteiger partial charge in [-0.15, -0.1) is 0 Å². The highest BCUT2D eigenvalue weighted by Gasteiger charge is 2.15. The Hall–Kier alpha value is -1.85. The SMILES string of the molecule is N[C@H](Cc1cc(=O)oc2ccc(Cl)cc12)C(=O)O. The summed E-state index contributed by atoms with van der Waals surface area (Å²) in [7, 11) is 0. The lowest BCUT2D eigenvalue weighted by Gasteiger charge is -2.08. The van der Waals surface area contributed by atoms with Crippen molar-refractivity contribution < 1.29 is 14.3 Å². The number of fused-ring (bicyclic) bond motifs is 1. The van der Waals surface area contributed by atoms with E-state index in [-0.39, 0.29) is 6.42 Å². The first-order valence-corrected chi connectivity index (χ1v) is 5.56. The van der Waals surface area contributed by atoms with Crippen LogP contribution in [0.3, 0.4) is 0 Å². The van der Waals surface area contributed by atoms with Crippen molar-refractivity contribution in [3.63, 3.8) is 0 Å². The van der Waals surface area contributed by atoms with Crippen LogP contribution in [0.25, 0.3) is 11.0 Å². The molecule has 0 spiro atoms. The number of halogens is 1. The maximum atomic E-state index is 11.4. The molecule has 2 aromatic rings. The molecule has 18 heavy (non-hydrogen) atoms. The van der Waals surface area contributed by atoms with Crippen LogP contribution in [0.1, 0.15) is 5.56 Å². The summed E-state index contributed by atoms with van der Waals surface area (Å²) in [5.41, 5.74) is 5.79. The molecule has 1 heterocycles. The molecule has 3 N–H and O–H groups in total. The van der Waals surface area contributed by atoms with E-state index in [0.29, 0.717) is 21.6 Å². The van der Waals surface area contributed by atoms with E-state index in [9.17, 15) is 9.59 Å². The lowest BCUT2D eigenvalue weighted by atomic mass is 10.0. The zero-order valence-corrected chi connectivity index (χ0v) is 9.98. The molecule has 0 amide bonds. The molecule has 0 saturated heterocycles. The van der Waals surface area contributed by atoms with Crippen molar-refractivity contribution in [1.82, 2.24) is 0 Å². The first-order valence-electron chi connectivity index (χ1n) is 5.18. The van der Waals surface area contributed by atoms with Gasteiger partial charge in [0, 0.05) is 16.5 Å². The number of carboxylic acid groups (broad SMARTS) is 1. The van der Waals surface area contributed by atoms with Gasteiger partial charge in [0.05, 0.1) is 0 Å². The Balaban J connectivity index is 2.57. The monoisotopic (exact) mass is 267 g/mol. The summed E-state index contributed by atoms with van der Waals surface area (Å²) < 4.78 is 5.00. The zero-order chi connectivity index (χ0) is 13.3. The van der Waals surface area contributed by atoms with Crippen molar-refractivity contribution in [2.24, 2.45) is 5.73 Å². The van der Waals surface area contributed by atoms with Gasteiger partial charge in [0.15, 0.2) is 0 Å². The Kier molecular flexibility index (Phi) is 3.36. The molecule has 0 aliphatic carbocycles. The summed E-state index contributed by atoms with van der Waals surface area (Å²) in [6.45, 7) is 0. The molecule has 1 aromatic carbocycles. The van der Waals surface area contributed by atoms with Crippen LogP contribution in [-0.4, -0.2) is 17.1 Å². The van der Waals surface area contributed by atoms with E-state index in [4.69, 9.17) is 26.9 Å². The van der Waals surface area contributed by atoms with E-state index in [2.05, 4.69) is 0 Å². The second-order valence-corrected chi connectivity index (χ2v) is 4.32. The van der Waals surface area contributed by atoms with Crippen LogP contribution in [0.4, 0.5) is 0 Å². The van der Waals surface area contributed by atoms with Crippen molar-refractivity contribution in [2.45, 2.75) is 12.5 Å². The normalized spacial score (nSPS) is 12.6. The van der Waals surface area contributed by atoms with Crippen molar-refractivity contribution in [3.8, 4) is 0 Å². The van der Waals surface area contributed by atoms with Gasteiger partial charge in [-0.05, 0) is 30.2 Å². The molecular formula is C12H10ClNO4. The highest BCUT2D eigenvalue weighted by atomic mass is 35.5. The third kappa shape index (κ3) is 2.52. The highest BCUT2D eigenvalue weighted by molar-refractivity contribution is 6.31. The summed E-state index contributed by atoms with van der Waals surface area (Å²) in [6, 6.07) is 4.93. The second kappa shape index (κ2) is 4.80. The standard InChI is InChI=1S/C12H10ClNO4/c13-7-1-2-10-8(5-7)6(4-11(15)18-10)3-9(14)12(16)17/h1-2,4-5,9H,3,14H2,(H,16,17)/t9-/m1/s1. The number of carboxylic acids is 1. The molecule has 6 heteroatoms. The molecule has 0 fully saturated rings. The number of benzene rings is 1. The minimum absolute atomic E-state index is 0.0395. The number of hydrogen-bond donors (Lipinski definition) is 2. The van der Waals surface area contributed by atoms with Gasteiger partial charge < -0.3 is 15.3 Å². The fourth-order valence-corrected chi connectivity index (χ4v) is 1.87. The molecule has 1 atom stereocenters. The van der Waals surface area contributed by atoms with Gasteiger partial charge in [-0.1, -0.05) is 11.6 Å². The summed E-state index contributed by atoms with van der Waals surface area (Å²) in [6.07, 6.45) is 0.0395. The summed E-state index contributed by atoms with van der Waals surface area (Å²) >= 11 is 5.86. The van der Waals surface area contributed by atoms with Crippen molar-refractivity contribution in [3.05, 3.63) is 45.3 Å². The molecule has 0 aliphatic rings. The van der Waals surface area contributed by atoms with Gasteiger partial charge in [0.25, 0.3) is 0 Å². The van der Waals surface area contributed by atoms with Crippen LogP contribution in [-0.2, 0) is 11.2 Å². The Morgan fingerprint density at radius 1 is 1.44 bits per heavy atom. The summed E-state index contributed by atoms with van der Waals surface area (Å²) in [4.78, 5) is 22.1. The number of aliphatic carboxylic acids is 1. The third-order valence-corrected chi connectivity index (χ3v) is 2.78. The van der Waals surface area contributed by atoms with Crippen LogP contribution < -0.4 is 11.4 Å². The number of nitrogens with two attached hydrogens (primary N) is 1. The molecule has 2 rings (SSSR count). The van der Waals surface area contributed by atoms with E-state index in [1.165, 1.54) is 6.07 Å². The molecule has 0 unspecified atom stereocenters. The molecule has 5 nitrogen and oxygen atoms in total. The minimum atomic E-state index is -1.13. The average molecular weight is 268 g/mol. The van der Waals surface area contributed by atoms with E-state index < -0.39 is 17.6 Å². The second-order valence-electron chi connectivity index (χ2n) is 3.88. The minimum Gasteiger partial charge on any atom is -0.480 e. The Bertz CT molecular complexity index is 665. The maximum Gasteiger partial charge on any atom is 0.336 e. The Labute approximate surface area is 107 Å². The van der Waals surface area contributed by atoms with Gasteiger partial charge in [-0.25, -0.2) is 4.79 Å². The Morgan fingerprint density at radius 2 is 2.17 bits per heavy atom. The number of rotatable bonds is 3. The molecule has 1 aromatic heterocycles. The highest BCUT2D eigenvalue weighted by Crippen LogP contribution is 2.22.